The first-order chi connectivity index (χ1) is 8.05. The molecule has 1 aliphatic heterocycles. The van der Waals surface area contributed by atoms with E-state index in [9.17, 15) is 8.78 Å². The van der Waals surface area contributed by atoms with Gasteiger partial charge in [0.05, 0.1) is 6.54 Å². The topological polar surface area (TPSA) is 3.24 Å². The highest BCUT2D eigenvalue weighted by atomic mass is 79.9. The van der Waals surface area contributed by atoms with E-state index >= 15 is 0 Å². The van der Waals surface area contributed by atoms with Crippen molar-refractivity contribution in [3.05, 3.63) is 34.3 Å². The van der Waals surface area contributed by atoms with Crippen molar-refractivity contribution < 1.29 is 8.78 Å². The molecule has 1 saturated heterocycles. The summed E-state index contributed by atoms with van der Waals surface area (Å²) in [7, 11) is 0. The molecule has 1 aromatic carbocycles. The zero-order chi connectivity index (χ0) is 12.3. The van der Waals surface area contributed by atoms with Gasteiger partial charge < -0.3 is 0 Å². The molecule has 0 aliphatic carbocycles. The number of likely N-dealkylation sites (tertiary alicyclic amines) is 1. The van der Waals surface area contributed by atoms with Crippen molar-refractivity contribution in [3.63, 3.8) is 0 Å². The Hall–Kier alpha value is -0.480. The van der Waals surface area contributed by atoms with Gasteiger partial charge in [-0.15, -0.1) is 0 Å². The van der Waals surface area contributed by atoms with Crippen LogP contribution in [0.15, 0.2) is 28.7 Å². The fourth-order valence-electron chi connectivity index (χ4n) is 2.16. The minimum absolute atomic E-state index is 0.0191. The Morgan fingerprint density at radius 1 is 1.24 bits per heavy atom. The maximum Gasteiger partial charge on any atom is 0.261 e. The first-order valence-corrected chi connectivity index (χ1v) is 6.69. The molecule has 1 fully saturated rings. The lowest BCUT2D eigenvalue weighted by atomic mass is 10.1. The summed E-state index contributed by atoms with van der Waals surface area (Å²) in [4.78, 5) is 1.86. The summed E-state index contributed by atoms with van der Waals surface area (Å²) in [5.74, 6) is -2.46. The van der Waals surface area contributed by atoms with Crippen LogP contribution in [0.4, 0.5) is 8.78 Å². The van der Waals surface area contributed by atoms with E-state index in [1.165, 1.54) is 5.56 Å². The SMILES string of the molecule is FC1(F)CCN(CCCc2ccc(Br)cc2)C1. The van der Waals surface area contributed by atoms with E-state index in [4.69, 9.17) is 0 Å². The third-order valence-corrected chi connectivity index (χ3v) is 3.63. The maximum absolute atomic E-state index is 12.9. The van der Waals surface area contributed by atoms with Crippen LogP contribution in [-0.2, 0) is 6.42 Å². The van der Waals surface area contributed by atoms with E-state index in [1.807, 2.05) is 17.0 Å². The van der Waals surface area contributed by atoms with Gasteiger partial charge >= 0.3 is 0 Å². The monoisotopic (exact) mass is 303 g/mol. The van der Waals surface area contributed by atoms with Crippen LogP contribution in [-0.4, -0.2) is 30.5 Å². The minimum atomic E-state index is -2.46. The molecule has 1 nitrogen and oxygen atoms in total. The van der Waals surface area contributed by atoms with Crippen LogP contribution in [0.25, 0.3) is 0 Å². The molecular weight excluding hydrogens is 288 g/mol. The Morgan fingerprint density at radius 2 is 1.94 bits per heavy atom. The third kappa shape index (κ3) is 4.03. The number of hydrogen-bond acceptors (Lipinski definition) is 1. The quantitative estimate of drug-likeness (QED) is 0.819. The van der Waals surface area contributed by atoms with Gasteiger partial charge in [0.25, 0.3) is 5.92 Å². The van der Waals surface area contributed by atoms with Gasteiger partial charge in [-0.2, -0.15) is 0 Å². The molecule has 0 atom stereocenters. The normalized spacial score (nSPS) is 19.7. The van der Waals surface area contributed by atoms with Crippen LogP contribution >= 0.6 is 15.9 Å². The molecule has 94 valence electrons. The average molecular weight is 304 g/mol. The molecule has 4 heteroatoms. The molecule has 1 aliphatic rings. The van der Waals surface area contributed by atoms with Crippen molar-refractivity contribution >= 4 is 15.9 Å². The molecule has 0 spiro atoms. The van der Waals surface area contributed by atoms with Crippen molar-refractivity contribution in [2.45, 2.75) is 25.2 Å². The molecule has 0 bridgehead atoms. The third-order valence-electron chi connectivity index (χ3n) is 3.10. The summed E-state index contributed by atoms with van der Waals surface area (Å²) in [6, 6.07) is 8.17. The van der Waals surface area contributed by atoms with Gasteiger partial charge in [-0.3, -0.25) is 4.90 Å². The molecule has 1 heterocycles. The van der Waals surface area contributed by atoms with Crippen LogP contribution in [0.2, 0.25) is 0 Å². The van der Waals surface area contributed by atoms with E-state index in [2.05, 4.69) is 28.1 Å². The van der Waals surface area contributed by atoms with Crippen LogP contribution in [0, 0.1) is 0 Å². The van der Waals surface area contributed by atoms with Gasteiger partial charge in [-0.25, -0.2) is 8.78 Å². The summed E-state index contributed by atoms with van der Waals surface area (Å²) in [6.45, 7) is 1.24. The maximum atomic E-state index is 12.9. The van der Waals surface area contributed by atoms with Crippen molar-refractivity contribution in [1.82, 2.24) is 4.90 Å². The van der Waals surface area contributed by atoms with E-state index in [0.717, 1.165) is 23.9 Å². The van der Waals surface area contributed by atoms with E-state index in [0.29, 0.717) is 6.54 Å². The number of aryl methyl sites for hydroxylation is 1. The highest BCUT2D eigenvalue weighted by Crippen LogP contribution is 2.26. The van der Waals surface area contributed by atoms with Crippen molar-refractivity contribution in [2.24, 2.45) is 0 Å². The highest BCUT2D eigenvalue weighted by molar-refractivity contribution is 9.10. The largest absolute Gasteiger partial charge is 0.297 e. The molecule has 0 N–H and O–H groups in total. The van der Waals surface area contributed by atoms with Gasteiger partial charge in [-0.05, 0) is 37.1 Å². The smallest absolute Gasteiger partial charge is 0.261 e. The number of hydrogen-bond donors (Lipinski definition) is 0. The number of rotatable bonds is 4. The summed E-state index contributed by atoms with van der Waals surface area (Å²) in [6.07, 6.45) is 1.92. The fraction of sp³-hybridized carbons (Fsp3) is 0.538. The van der Waals surface area contributed by atoms with Crippen molar-refractivity contribution in [1.29, 1.82) is 0 Å². The summed E-state index contributed by atoms with van der Waals surface area (Å²) in [5, 5.41) is 0. The zero-order valence-electron chi connectivity index (χ0n) is 9.63. The molecular formula is C13H16BrF2N. The summed E-state index contributed by atoms with van der Waals surface area (Å²) < 4.78 is 27.0. The number of alkyl halides is 2. The number of nitrogens with zero attached hydrogens (tertiary/aromatic N) is 1. The average Bonchev–Trinajstić information content (AvgIpc) is 2.61. The molecule has 2 rings (SSSR count). The lowest BCUT2D eigenvalue weighted by Gasteiger charge is -2.15. The Kier molecular flexibility index (Phi) is 4.15. The Labute approximate surface area is 109 Å². The summed E-state index contributed by atoms with van der Waals surface area (Å²) >= 11 is 3.39. The molecule has 0 amide bonds. The highest BCUT2D eigenvalue weighted by Gasteiger charge is 2.37. The second-order valence-corrected chi connectivity index (χ2v) is 5.53. The lowest BCUT2D eigenvalue weighted by molar-refractivity contribution is 0.0122. The Morgan fingerprint density at radius 3 is 2.53 bits per heavy atom. The van der Waals surface area contributed by atoms with Crippen molar-refractivity contribution in [3.8, 4) is 0 Å². The van der Waals surface area contributed by atoms with Gasteiger partial charge in [0.1, 0.15) is 0 Å². The van der Waals surface area contributed by atoms with Crippen molar-refractivity contribution in [2.75, 3.05) is 19.6 Å². The molecule has 0 unspecified atom stereocenters. The van der Waals surface area contributed by atoms with Crippen LogP contribution in [0.5, 0.6) is 0 Å². The minimum Gasteiger partial charge on any atom is -0.297 e. The van der Waals surface area contributed by atoms with E-state index in [1.54, 1.807) is 0 Å². The first kappa shape index (κ1) is 13.0. The second kappa shape index (κ2) is 5.44. The Balaban J connectivity index is 1.71. The predicted octanol–water partition coefficient (Wildman–Crippen LogP) is 3.72. The summed E-state index contributed by atoms with van der Waals surface area (Å²) in [5.41, 5.74) is 1.26. The molecule has 0 radical (unpaired) electrons. The van der Waals surface area contributed by atoms with E-state index < -0.39 is 5.92 Å². The molecule has 0 saturated carbocycles. The molecule has 17 heavy (non-hydrogen) atoms. The van der Waals surface area contributed by atoms with Crippen LogP contribution < -0.4 is 0 Å². The number of benzene rings is 1. The van der Waals surface area contributed by atoms with Crippen LogP contribution in [0.3, 0.4) is 0 Å². The van der Waals surface area contributed by atoms with E-state index in [-0.39, 0.29) is 13.0 Å². The Bertz CT molecular complexity index is 364. The van der Waals surface area contributed by atoms with Gasteiger partial charge in [0.15, 0.2) is 0 Å². The van der Waals surface area contributed by atoms with Gasteiger partial charge in [0, 0.05) is 17.4 Å². The predicted molar refractivity (Wildman–Crippen MR) is 68.5 cm³/mol. The second-order valence-electron chi connectivity index (χ2n) is 4.61. The molecule has 0 aromatic heterocycles. The first-order valence-electron chi connectivity index (χ1n) is 5.90. The van der Waals surface area contributed by atoms with Gasteiger partial charge in [0.2, 0.25) is 0 Å². The molecule has 1 aromatic rings. The fourth-order valence-corrected chi connectivity index (χ4v) is 2.42. The van der Waals surface area contributed by atoms with Crippen LogP contribution in [0.1, 0.15) is 18.4 Å². The number of halogens is 3. The van der Waals surface area contributed by atoms with Gasteiger partial charge in [-0.1, -0.05) is 28.1 Å². The zero-order valence-corrected chi connectivity index (χ0v) is 11.2. The standard InChI is InChI=1S/C13H16BrF2N/c14-12-5-3-11(4-6-12)2-1-8-17-9-7-13(15,16)10-17/h3-6H,1-2,7-10H2. The lowest BCUT2D eigenvalue weighted by Crippen LogP contribution is -2.26.